The zero-order chi connectivity index (χ0) is 16.7. The summed E-state index contributed by atoms with van der Waals surface area (Å²) in [6, 6.07) is 8.70. The number of nitrogens with zero attached hydrogens (tertiary/aromatic N) is 4. The summed E-state index contributed by atoms with van der Waals surface area (Å²) in [5.74, 6) is -0.637. The van der Waals surface area contributed by atoms with Gasteiger partial charge < -0.3 is 10.0 Å². The van der Waals surface area contributed by atoms with Crippen molar-refractivity contribution in [1.82, 2.24) is 19.7 Å². The Bertz CT molecular complexity index is 963. The Morgan fingerprint density at radius 2 is 2.08 bits per heavy atom. The number of fused-ring (bicyclic) bond motifs is 1. The average molecular weight is 325 g/mol. The van der Waals surface area contributed by atoms with Gasteiger partial charge in [0.1, 0.15) is 11.4 Å². The molecule has 4 rings (SSSR count). The predicted octanol–water partition coefficient (Wildman–Crippen LogP) is 1.16. The smallest absolute Gasteiger partial charge is 0.326 e. The van der Waals surface area contributed by atoms with Crippen LogP contribution in [-0.4, -0.2) is 43.4 Å². The lowest BCUT2D eigenvalue weighted by Crippen LogP contribution is -2.38. The molecule has 1 aliphatic heterocycles. The number of anilines is 1. The average Bonchev–Trinajstić information content (AvgIpc) is 3.22. The first-order valence-corrected chi connectivity index (χ1v) is 7.68. The van der Waals surface area contributed by atoms with E-state index in [1.807, 2.05) is 30.3 Å². The van der Waals surface area contributed by atoms with E-state index in [-0.39, 0.29) is 11.5 Å². The molecule has 3 heterocycles. The number of carboxylic acid groups (broad SMARTS) is 1. The number of hydrogen-bond acceptors (Lipinski definition) is 5. The van der Waals surface area contributed by atoms with Crippen LogP contribution in [0.25, 0.3) is 16.7 Å². The van der Waals surface area contributed by atoms with Gasteiger partial charge in [-0.3, -0.25) is 9.78 Å². The highest BCUT2D eigenvalue weighted by Gasteiger charge is 2.32. The van der Waals surface area contributed by atoms with Crippen molar-refractivity contribution in [2.45, 2.75) is 18.9 Å². The van der Waals surface area contributed by atoms with Crippen LogP contribution in [0.2, 0.25) is 0 Å². The fourth-order valence-corrected chi connectivity index (χ4v) is 3.08. The third-order valence-corrected chi connectivity index (χ3v) is 4.24. The largest absolute Gasteiger partial charge is 0.480 e. The van der Waals surface area contributed by atoms with Gasteiger partial charge in [-0.2, -0.15) is 10.1 Å². The number of para-hydroxylation sites is 1. The van der Waals surface area contributed by atoms with E-state index in [2.05, 4.69) is 15.1 Å². The third-order valence-electron chi connectivity index (χ3n) is 4.24. The third kappa shape index (κ3) is 2.23. The lowest BCUT2D eigenvalue weighted by atomic mass is 10.2. The zero-order valence-corrected chi connectivity index (χ0v) is 12.7. The van der Waals surface area contributed by atoms with E-state index in [1.54, 1.807) is 9.58 Å². The van der Waals surface area contributed by atoms with Crippen molar-refractivity contribution < 1.29 is 9.90 Å². The van der Waals surface area contributed by atoms with Gasteiger partial charge in [0.05, 0.1) is 11.9 Å². The summed E-state index contributed by atoms with van der Waals surface area (Å²) in [5.41, 5.74) is 0.872. The second-order valence-corrected chi connectivity index (χ2v) is 5.71. The Morgan fingerprint density at radius 1 is 1.29 bits per heavy atom. The first kappa shape index (κ1) is 14.4. The van der Waals surface area contributed by atoms with Gasteiger partial charge in [0.15, 0.2) is 5.65 Å². The molecule has 1 aromatic carbocycles. The van der Waals surface area contributed by atoms with Gasteiger partial charge in [0, 0.05) is 6.54 Å². The minimum absolute atomic E-state index is 0.273. The molecule has 122 valence electrons. The molecule has 0 bridgehead atoms. The highest BCUT2D eigenvalue weighted by atomic mass is 16.4. The minimum Gasteiger partial charge on any atom is -0.480 e. The normalized spacial score (nSPS) is 17.5. The highest BCUT2D eigenvalue weighted by Crippen LogP contribution is 2.23. The van der Waals surface area contributed by atoms with Crippen molar-refractivity contribution in [3.63, 3.8) is 0 Å². The standard InChI is InChI=1S/C16H15N5O3/c22-14-11-9-17-21(10-5-2-1-3-6-10)13(11)18-16(19-14)20-8-4-7-12(20)15(23)24/h1-3,5-6,9,12H,4,7-8H2,(H,23,24)(H,18,19,22)/t12-/m0/s1. The molecular weight excluding hydrogens is 310 g/mol. The van der Waals surface area contributed by atoms with E-state index in [0.717, 1.165) is 12.1 Å². The fraction of sp³-hybridized carbons (Fsp3) is 0.250. The summed E-state index contributed by atoms with van der Waals surface area (Å²) in [4.78, 5) is 32.6. The molecule has 0 radical (unpaired) electrons. The molecule has 3 aromatic rings. The van der Waals surface area contributed by atoms with Crippen LogP contribution < -0.4 is 10.5 Å². The van der Waals surface area contributed by atoms with Gasteiger partial charge in [-0.1, -0.05) is 18.2 Å². The molecule has 1 atom stereocenters. The quantitative estimate of drug-likeness (QED) is 0.749. The number of aromatic amines is 1. The van der Waals surface area contributed by atoms with Crippen LogP contribution in [0.15, 0.2) is 41.3 Å². The molecule has 1 saturated heterocycles. The molecule has 2 N–H and O–H groups in total. The lowest BCUT2D eigenvalue weighted by Gasteiger charge is -2.21. The molecule has 0 unspecified atom stereocenters. The number of carboxylic acids is 1. The van der Waals surface area contributed by atoms with Crippen LogP contribution in [-0.2, 0) is 4.79 Å². The molecule has 0 saturated carbocycles. The molecule has 24 heavy (non-hydrogen) atoms. The number of benzene rings is 1. The van der Waals surface area contributed by atoms with Crippen LogP contribution in [0.3, 0.4) is 0 Å². The van der Waals surface area contributed by atoms with Gasteiger partial charge >= 0.3 is 5.97 Å². The molecule has 2 aromatic heterocycles. The maximum atomic E-state index is 12.4. The topological polar surface area (TPSA) is 104 Å². The van der Waals surface area contributed by atoms with Crippen molar-refractivity contribution >= 4 is 23.0 Å². The second-order valence-electron chi connectivity index (χ2n) is 5.71. The number of hydrogen-bond donors (Lipinski definition) is 2. The van der Waals surface area contributed by atoms with E-state index in [0.29, 0.717) is 24.0 Å². The molecular formula is C16H15N5O3. The SMILES string of the molecule is O=C(O)[C@@H]1CCCN1c1nc2c(cnn2-c2ccccc2)c(=O)[nH]1. The van der Waals surface area contributed by atoms with Gasteiger partial charge in [0.2, 0.25) is 5.95 Å². The molecule has 0 aliphatic carbocycles. The van der Waals surface area contributed by atoms with Gasteiger partial charge in [-0.15, -0.1) is 0 Å². The molecule has 8 nitrogen and oxygen atoms in total. The molecule has 0 amide bonds. The molecule has 1 aliphatic rings. The summed E-state index contributed by atoms with van der Waals surface area (Å²) in [5, 5.41) is 14.0. The lowest BCUT2D eigenvalue weighted by molar-refractivity contribution is -0.138. The van der Waals surface area contributed by atoms with E-state index < -0.39 is 12.0 Å². The monoisotopic (exact) mass is 325 g/mol. The van der Waals surface area contributed by atoms with Crippen LogP contribution in [0.4, 0.5) is 5.95 Å². The van der Waals surface area contributed by atoms with Crippen molar-refractivity contribution in [3.8, 4) is 5.69 Å². The number of H-pyrrole nitrogens is 1. The Balaban J connectivity index is 1.87. The number of nitrogens with one attached hydrogen (secondary N) is 1. The Kier molecular flexibility index (Phi) is 3.30. The van der Waals surface area contributed by atoms with Crippen molar-refractivity contribution in [1.29, 1.82) is 0 Å². The number of rotatable bonds is 3. The van der Waals surface area contributed by atoms with Crippen LogP contribution >= 0.6 is 0 Å². The maximum absolute atomic E-state index is 12.4. The fourth-order valence-electron chi connectivity index (χ4n) is 3.08. The van der Waals surface area contributed by atoms with Crippen LogP contribution in [0, 0.1) is 0 Å². The Morgan fingerprint density at radius 3 is 2.83 bits per heavy atom. The second kappa shape index (κ2) is 5.48. The number of aromatic nitrogens is 4. The van der Waals surface area contributed by atoms with Gasteiger partial charge in [-0.25, -0.2) is 9.48 Å². The first-order valence-electron chi connectivity index (χ1n) is 7.68. The molecule has 1 fully saturated rings. The highest BCUT2D eigenvalue weighted by molar-refractivity contribution is 5.80. The maximum Gasteiger partial charge on any atom is 0.326 e. The predicted molar refractivity (Wildman–Crippen MR) is 87.5 cm³/mol. The van der Waals surface area contributed by atoms with Gasteiger partial charge in [0.25, 0.3) is 5.56 Å². The summed E-state index contributed by atoms with van der Waals surface area (Å²) in [6.07, 6.45) is 2.75. The van der Waals surface area contributed by atoms with Gasteiger partial charge in [-0.05, 0) is 25.0 Å². The minimum atomic E-state index is -0.910. The Hall–Kier alpha value is -3.16. The van der Waals surface area contributed by atoms with Crippen LogP contribution in [0.5, 0.6) is 0 Å². The van der Waals surface area contributed by atoms with Crippen molar-refractivity contribution in [3.05, 3.63) is 46.9 Å². The summed E-state index contributed by atoms with van der Waals surface area (Å²) in [7, 11) is 0. The van der Waals surface area contributed by atoms with E-state index in [4.69, 9.17) is 0 Å². The van der Waals surface area contributed by atoms with Crippen molar-refractivity contribution in [2.75, 3.05) is 11.4 Å². The summed E-state index contributed by atoms with van der Waals surface area (Å²) in [6.45, 7) is 0.547. The summed E-state index contributed by atoms with van der Waals surface area (Å²) < 4.78 is 1.58. The molecule has 8 heteroatoms. The van der Waals surface area contributed by atoms with Crippen LogP contribution in [0.1, 0.15) is 12.8 Å². The number of aliphatic carboxylic acids is 1. The number of carbonyl (C=O) groups is 1. The first-order chi connectivity index (χ1) is 11.6. The summed E-state index contributed by atoms with van der Waals surface area (Å²) >= 11 is 0. The van der Waals surface area contributed by atoms with E-state index >= 15 is 0 Å². The van der Waals surface area contributed by atoms with E-state index in [9.17, 15) is 14.7 Å². The Labute approximate surface area is 136 Å². The zero-order valence-electron chi connectivity index (χ0n) is 12.7. The van der Waals surface area contributed by atoms with Crippen molar-refractivity contribution in [2.24, 2.45) is 0 Å². The molecule has 0 spiro atoms. The van der Waals surface area contributed by atoms with E-state index in [1.165, 1.54) is 6.20 Å².